The van der Waals surface area contributed by atoms with E-state index in [9.17, 15) is 0 Å². The molecule has 2 heteroatoms. The third-order valence-corrected chi connectivity index (χ3v) is 4.35. The Kier molecular flexibility index (Phi) is 3.41. The van der Waals surface area contributed by atoms with Gasteiger partial charge in [-0.15, -0.1) is 0 Å². The summed E-state index contributed by atoms with van der Waals surface area (Å²) >= 11 is 0. The zero-order valence-electron chi connectivity index (χ0n) is 12.2. The number of rotatable bonds is 3. The SMILES string of the molecule is CC(C)(CN1CCCC1(C)C)c1ccc(N)cc1. The van der Waals surface area contributed by atoms with Crippen LogP contribution in [-0.2, 0) is 5.41 Å². The van der Waals surface area contributed by atoms with Crippen molar-refractivity contribution in [1.29, 1.82) is 0 Å². The maximum Gasteiger partial charge on any atom is 0.0314 e. The average Bonchev–Trinajstić information content (AvgIpc) is 2.58. The molecule has 2 nitrogen and oxygen atoms in total. The van der Waals surface area contributed by atoms with Gasteiger partial charge in [-0.2, -0.15) is 0 Å². The molecule has 2 N–H and O–H groups in total. The van der Waals surface area contributed by atoms with Crippen LogP contribution in [0.15, 0.2) is 24.3 Å². The molecule has 100 valence electrons. The molecule has 1 fully saturated rings. The van der Waals surface area contributed by atoms with Crippen LogP contribution in [-0.4, -0.2) is 23.5 Å². The van der Waals surface area contributed by atoms with E-state index in [1.165, 1.54) is 24.9 Å². The van der Waals surface area contributed by atoms with Crippen molar-refractivity contribution in [2.45, 2.75) is 51.5 Å². The molecule has 0 atom stereocenters. The molecule has 1 aliphatic rings. The standard InChI is InChI=1S/C16H26N2/c1-15(2,13-6-8-14(17)9-7-13)12-18-11-5-10-16(18,3)4/h6-9H,5,10-12,17H2,1-4H3. The highest BCUT2D eigenvalue weighted by Crippen LogP contribution is 2.33. The van der Waals surface area contributed by atoms with Gasteiger partial charge >= 0.3 is 0 Å². The van der Waals surface area contributed by atoms with Crippen molar-refractivity contribution >= 4 is 5.69 Å². The van der Waals surface area contributed by atoms with Crippen LogP contribution in [0.3, 0.4) is 0 Å². The van der Waals surface area contributed by atoms with E-state index >= 15 is 0 Å². The van der Waals surface area contributed by atoms with Gasteiger partial charge in [-0.1, -0.05) is 26.0 Å². The highest BCUT2D eigenvalue weighted by molar-refractivity contribution is 5.41. The van der Waals surface area contributed by atoms with Crippen LogP contribution in [0.2, 0.25) is 0 Å². The molecule has 0 unspecified atom stereocenters. The largest absolute Gasteiger partial charge is 0.399 e. The summed E-state index contributed by atoms with van der Waals surface area (Å²) in [6.07, 6.45) is 2.63. The van der Waals surface area contributed by atoms with Gasteiger partial charge in [0, 0.05) is 23.2 Å². The van der Waals surface area contributed by atoms with Gasteiger partial charge in [0.2, 0.25) is 0 Å². The van der Waals surface area contributed by atoms with E-state index in [1.54, 1.807) is 0 Å². The van der Waals surface area contributed by atoms with E-state index in [0.29, 0.717) is 5.54 Å². The Hall–Kier alpha value is -1.02. The second-order valence-electron chi connectivity index (χ2n) is 6.84. The number of hydrogen-bond donors (Lipinski definition) is 1. The van der Waals surface area contributed by atoms with Gasteiger partial charge in [-0.25, -0.2) is 0 Å². The first-order valence-corrected chi connectivity index (χ1v) is 6.92. The summed E-state index contributed by atoms with van der Waals surface area (Å²) in [6.45, 7) is 11.7. The van der Waals surface area contributed by atoms with Crippen molar-refractivity contribution < 1.29 is 0 Å². The molecule has 0 aromatic heterocycles. The minimum atomic E-state index is 0.176. The number of likely N-dealkylation sites (tertiary alicyclic amines) is 1. The summed E-state index contributed by atoms with van der Waals surface area (Å²) in [4.78, 5) is 2.63. The van der Waals surface area contributed by atoms with Crippen LogP contribution in [0.5, 0.6) is 0 Å². The van der Waals surface area contributed by atoms with Crippen LogP contribution in [0, 0.1) is 0 Å². The van der Waals surface area contributed by atoms with E-state index in [4.69, 9.17) is 5.73 Å². The second-order valence-corrected chi connectivity index (χ2v) is 6.84. The molecule has 1 heterocycles. The van der Waals surface area contributed by atoms with E-state index in [0.717, 1.165) is 12.2 Å². The highest BCUT2D eigenvalue weighted by atomic mass is 15.2. The molecule has 0 saturated carbocycles. The molecule has 0 spiro atoms. The minimum Gasteiger partial charge on any atom is -0.399 e. The molecule has 0 radical (unpaired) electrons. The molecule has 0 bridgehead atoms. The number of nitrogens with zero attached hydrogens (tertiary/aromatic N) is 1. The van der Waals surface area contributed by atoms with Crippen molar-refractivity contribution in [3.05, 3.63) is 29.8 Å². The molecule has 18 heavy (non-hydrogen) atoms. The zero-order chi connectivity index (χ0) is 13.4. The summed E-state index contributed by atoms with van der Waals surface area (Å²) < 4.78 is 0. The Morgan fingerprint density at radius 2 is 1.83 bits per heavy atom. The molecular weight excluding hydrogens is 220 g/mol. The van der Waals surface area contributed by atoms with Crippen LogP contribution in [0.1, 0.15) is 46.1 Å². The maximum absolute atomic E-state index is 5.77. The average molecular weight is 246 g/mol. The van der Waals surface area contributed by atoms with Gasteiger partial charge in [0.15, 0.2) is 0 Å². The van der Waals surface area contributed by atoms with Crippen molar-refractivity contribution in [2.75, 3.05) is 18.8 Å². The Morgan fingerprint density at radius 3 is 2.33 bits per heavy atom. The number of anilines is 1. The van der Waals surface area contributed by atoms with Gasteiger partial charge in [-0.05, 0) is 50.9 Å². The minimum absolute atomic E-state index is 0.176. The Morgan fingerprint density at radius 1 is 1.22 bits per heavy atom. The number of nitrogen functional groups attached to an aromatic ring is 1. The van der Waals surface area contributed by atoms with E-state index in [-0.39, 0.29) is 5.41 Å². The van der Waals surface area contributed by atoms with Crippen molar-refractivity contribution in [1.82, 2.24) is 4.90 Å². The summed E-state index contributed by atoms with van der Waals surface area (Å²) in [5.41, 5.74) is 8.51. The van der Waals surface area contributed by atoms with E-state index < -0.39 is 0 Å². The highest BCUT2D eigenvalue weighted by Gasteiger charge is 2.35. The lowest BCUT2D eigenvalue weighted by Crippen LogP contribution is -2.45. The molecule has 1 saturated heterocycles. The first-order valence-electron chi connectivity index (χ1n) is 6.92. The number of hydrogen-bond acceptors (Lipinski definition) is 2. The smallest absolute Gasteiger partial charge is 0.0314 e. The number of benzene rings is 1. The summed E-state index contributed by atoms with van der Waals surface area (Å²) in [7, 11) is 0. The normalized spacial score (nSPS) is 20.2. The maximum atomic E-state index is 5.77. The Balaban J connectivity index is 2.14. The second kappa shape index (κ2) is 4.58. The van der Waals surface area contributed by atoms with Gasteiger partial charge in [0.1, 0.15) is 0 Å². The van der Waals surface area contributed by atoms with Crippen LogP contribution in [0.4, 0.5) is 5.69 Å². The molecule has 0 aliphatic carbocycles. The van der Waals surface area contributed by atoms with Crippen LogP contribution in [0.25, 0.3) is 0 Å². The van der Waals surface area contributed by atoms with Crippen LogP contribution >= 0.6 is 0 Å². The monoisotopic (exact) mass is 246 g/mol. The molecule has 1 aliphatic heterocycles. The fourth-order valence-electron chi connectivity index (χ4n) is 2.96. The molecule has 1 aromatic rings. The summed E-state index contributed by atoms with van der Waals surface area (Å²) in [5, 5.41) is 0. The fourth-order valence-corrected chi connectivity index (χ4v) is 2.96. The molecule has 2 rings (SSSR count). The summed E-state index contributed by atoms with van der Waals surface area (Å²) in [6, 6.07) is 8.34. The van der Waals surface area contributed by atoms with Gasteiger partial charge in [0.05, 0.1) is 0 Å². The predicted octanol–water partition coefficient (Wildman–Crippen LogP) is 3.42. The lowest BCUT2D eigenvalue weighted by Gasteiger charge is -2.38. The third-order valence-electron chi connectivity index (χ3n) is 4.35. The lowest BCUT2D eigenvalue weighted by atomic mass is 9.83. The van der Waals surface area contributed by atoms with Crippen molar-refractivity contribution in [3.8, 4) is 0 Å². The van der Waals surface area contributed by atoms with Gasteiger partial charge in [-0.3, -0.25) is 4.90 Å². The Bertz CT molecular complexity index is 404. The first-order chi connectivity index (χ1) is 8.31. The third kappa shape index (κ3) is 2.69. The Labute approximate surface area is 111 Å². The quantitative estimate of drug-likeness (QED) is 0.828. The van der Waals surface area contributed by atoms with Gasteiger partial charge in [0.25, 0.3) is 0 Å². The van der Waals surface area contributed by atoms with E-state index in [1.807, 2.05) is 12.1 Å². The van der Waals surface area contributed by atoms with Gasteiger partial charge < -0.3 is 5.73 Å². The van der Waals surface area contributed by atoms with Crippen LogP contribution < -0.4 is 5.73 Å². The lowest BCUT2D eigenvalue weighted by molar-refractivity contribution is 0.143. The number of nitrogens with two attached hydrogens (primary N) is 1. The van der Waals surface area contributed by atoms with E-state index in [2.05, 4.69) is 44.7 Å². The fraction of sp³-hybridized carbons (Fsp3) is 0.625. The topological polar surface area (TPSA) is 29.3 Å². The van der Waals surface area contributed by atoms with Crippen molar-refractivity contribution in [3.63, 3.8) is 0 Å². The molecular formula is C16H26N2. The predicted molar refractivity (Wildman–Crippen MR) is 78.8 cm³/mol. The summed E-state index contributed by atoms with van der Waals surface area (Å²) in [5.74, 6) is 0. The zero-order valence-corrected chi connectivity index (χ0v) is 12.2. The molecule has 0 amide bonds. The van der Waals surface area contributed by atoms with Crippen molar-refractivity contribution in [2.24, 2.45) is 0 Å². The first kappa shape index (κ1) is 13.4. The molecule has 1 aromatic carbocycles.